The third-order valence-corrected chi connectivity index (χ3v) is 16.8. The third-order valence-electron chi connectivity index (χ3n) is 16.8. The number of carboxylic acid groups (broad SMARTS) is 1. The molecule has 6 aliphatic rings. The van der Waals surface area contributed by atoms with Gasteiger partial charge < -0.3 is 29.2 Å². The number of nitrogens with zero attached hydrogens (tertiary/aromatic N) is 2. The molecule has 0 spiro atoms. The summed E-state index contributed by atoms with van der Waals surface area (Å²) in [4.78, 5) is 43.2. The molecule has 9 heteroatoms. The number of benzene rings is 1. The number of allylic oxidation sites excluding steroid dienone is 2. The summed E-state index contributed by atoms with van der Waals surface area (Å²) >= 11 is 0. The van der Waals surface area contributed by atoms with Gasteiger partial charge in [0, 0.05) is 43.1 Å². The first-order valence-corrected chi connectivity index (χ1v) is 20.4. The molecule has 4 unspecified atom stereocenters. The van der Waals surface area contributed by atoms with Gasteiger partial charge >= 0.3 is 35.5 Å². The summed E-state index contributed by atoms with van der Waals surface area (Å²) < 4.78 is 11.9. The molecule has 1 saturated heterocycles. The van der Waals surface area contributed by atoms with Gasteiger partial charge in [-0.3, -0.25) is 4.79 Å². The number of hydrogen-bond acceptors (Lipinski definition) is 7. The third kappa shape index (κ3) is 6.50. The van der Waals surface area contributed by atoms with Crippen molar-refractivity contribution in [3.8, 4) is 5.75 Å². The Morgan fingerprint density at radius 3 is 2.20 bits per heavy atom. The van der Waals surface area contributed by atoms with Gasteiger partial charge in [-0.25, -0.2) is 4.79 Å². The van der Waals surface area contributed by atoms with E-state index in [-0.39, 0.29) is 62.7 Å². The maximum absolute atomic E-state index is 14.6. The van der Waals surface area contributed by atoms with Gasteiger partial charge in [0.05, 0.1) is 18.8 Å². The monoisotopic (exact) mass is 750 g/mol. The van der Waals surface area contributed by atoms with Crippen molar-refractivity contribution in [2.45, 2.75) is 119 Å². The zero-order valence-electron chi connectivity index (χ0n) is 34.6. The van der Waals surface area contributed by atoms with Crippen LogP contribution in [0.15, 0.2) is 48.1 Å². The normalized spacial score (nSPS) is 39.8. The van der Waals surface area contributed by atoms with Gasteiger partial charge in [-0.15, -0.1) is 0 Å². The fraction of sp³-hybridized carbons (Fsp3) is 0.711. The smallest absolute Gasteiger partial charge is 0.545 e. The van der Waals surface area contributed by atoms with E-state index in [1.165, 1.54) is 0 Å². The topological polar surface area (TPSA) is 99.2 Å². The Hall–Kier alpha value is -2.29. The Balaban J connectivity index is 0.00000497. The van der Waals surface area contributed by atoms with Gasteiger partial charge in [-0.2, -0.15) is 0 Å². The van der Waals surface area contributed by atoms with Gasteiger partial charge in [-0.1, -0.05) is 72.2 Å². The van der Waals surface area contributed by atoms with E-state index in [0.29, 0.717) is 23.7 Å². The molecule has 5 aliphatic carbocycles. The number of aliphatic carboxylic acids is 1. The molecule has 9 atom stereocenters. The summed E-state index contributed by atoms with van der Waals surface area (Å²) in [5.74, 6) is 0.261. The number of carboxylic acids is 1. The summed E-state index contributed by atoms with van der Waals surface area (Å²) in [5.41, 5.74) is 2.28. The van der Waals surface area contributed by atoms with Gasteiger partial charge in [-0.05, 0) is 122 Å². The Labute approximate surface area is 346 Å². The van der Waals surface area contributed by atoms with Crippen molar-refractivity contribution in [3.63, 3.8) is 0 Å². The van der Waals surface area contributed by atoms with E-state index in [0.717, 1.165) is 114 Å². The van der Waals surface area contributed by atoms with E-state index in [1.54, 1.807) is 12.7 Å². The summed E-state index contributed by atoms with van der Waals surface area (Å²) in [7, 11) is 1.72. The summed E-state index contributed by atoms with van der Waals surface area (Å²) in [6.07, 6.45) is 14.2. The molecule has 1 aliphatic heterocycles. The van der Waals surface area contributed by atoms with Crippen LogP contribution in [0.2, 0.25) is 0 Å². The molecule has 0 aromatic heterocycles. The number of carbonyl (C=O) groups is 3. The van der Waals surface area contributed by atoms with Crippen molar-refractivity contribution >= 4 is 23.5 Å². The second-order valence-corrected chi connectivity index (χ2v) is 19.7. The van der Waals surface area contributed by atoms with Crippen LogP contribution in [0.3, 0.4) is 0 Å². The number of anilines is 1. The van der Waals surface area contributed by atoms with Gasteiger partial charge in [0.25, 0.3) is 0 Å². The second-order valence-electron chi connectivity index (χ2n) is 19.7. The number of carbonyl (C=O) groups excluding carboxylic acids is 3. The number of esters is 1. The number of methoxy groups -OCH3 is 1. The van der Waals surface area contributed by atoms with Crippen molar-refractivity contribution in [1.82, 2.24) is 4.90 Å². The molecule has 8 nitrogen and oxygen atoms in total. The molecule has 5 fully saturated rings. The number of ether oxygens (including phenoxy) is 2. The molecule has 1 aromatic rings. The molecule has 1 amide bonds. The fourth-order valence-corrected chi connectivity index (χ4v) is 13.4. The van der Waals surface area contributed by atoms with E-state index in [9.17, 15) is 19.5 Å². The molecule has 1 heterocycles. The van der Waals surface area contributed by atoms with Crippen molar-refractivity contribution < 1.29 is 58.5 Å². The number of rotatable bonds is 6. The molecule has 0 radical (unpaired) electrons. The maximum atomic E-state index is 14.6. The first kappa shape index (κ1) is 41.3. The van der Waals surface area contributed by atoms with Crippen molar-refractivity contribution in [2.24, 2.45) is 50.2 Å². The summed E-state index contributed by atoms with van der Waals surface area (Å²) in [6.45, 7) is 20.0. The fourth-order valence-electron chi connectivity index (χ4n) is 13.4. The Morgan fingerprint density at radius 2 is 1.52 bits per heavy atom. The molecule has 7 rings (SSSR count). The standard InChI is InChI=1S/C45H64N2O6.Na/c1-40(2)19-18-36(53-38(50)16-15-37(48)49)45(7)34(40)17-20-44(6)35(45)14-13-30-31-29-42(4,22-21-41(31,3)23-24-43(30,44)5)39(51)47-27-25-46(26-28-47)32-11-9-10-12-33(32)52-8;/h9-13,15-16,31,34-36H,14,17-29H2,1-8H3,(H,48,49);/q;+1/p-1/t31-,34?,35?,36?,41+,42?,43+,44+,45-;/m0./s1. The molecule has 0 bridgehead atoms. The molecular weight excluding hydrogens is 687 g/mol. The first-order chi connectivity index (χ1) is 24.9. The number of hydrogen-bond donors (Lipinski definition) is 0. The number of piperazine rings is 1. The molecule has 1 aromatic carbocycles. The van der Waals surface area contributed by atoms with Crippen LogP contribution in [0.5, 0.6) is 5.75 Å². The van der Waals surface area contributed by atoms with E-state index >= 15 is 0 Å². The summed E-state index contributed by atoms with van der Waals surface area (Å²) in [5, 5.41) is 11.1. The van der Waals surface area contributed by atoms with Crippen molar-refractivity contribution in [1.29, 1.82) is 0 Å². The molecule has 290 valence electrons. The largest absolute Gasteiger partial charge is 1.00 e. The summed E-state index contributed by atoms with van der Waals surface area (Å²) in [6, 6.07) is 8.15. The van der Waals surface area contributed by atoms with Crippen LogP contribution in [0.1, 0.15) is 113 Å². The zero-order valence-corrected chi connectivity index (χ0v) is 36.6. The maximum Gasteiger partial charge on any atom is 1.00 e. The van der Waals surface area contributed by atoms with Crippen LogP contribution >= 0.6 is 0 Å². The molecule has 54 heavy (non-hydrogen) atoms. The Bertz CT molecular complexity index is 1700. The van der Waals surface area contributed by atoms with Crippen LogP contribution in [0, 0.1) is 50.2 Å². The quantitative estimate of drug-likeness (QED) is 0.185. The van der Waals surface area contributed by atoms with Gasteiger partial charge in [0.15, 0.2) is 0 Å². The Kier molecular flexibility index (Phi) is 11.2. The predicted molar refractivity (Wildman–Crippen MR) is 205 cm³/mol. The van der Waals surface area contributed by atoms with Crippen LogP contribution < -0.4 is 44.3 Å². The van der Waals surface area contributed by atoms with E-state index in [4.69, 9.17) is 9.47 Å². The minimum Gasteiger partial charge on any atom is -0.545 e. The molecule has 0 N–H and O–H groups in total. The van der Waals surface area contributed by atoms with E-state index < -0.39 is 17.4 Å². The van der Waals surface area contributed by atoms with Crippen LogP contribution in [-0.2, 0) is 19.1 Å². The van der Waals surface area contributed by atoms with E-state index in [1.807, 2.05) is 18.2 Å². The van der Waals surface area contributed by atoms with Crippen molar-refractivity contribution in [3.05, 3.63) is 48.1 Å². The zero-order chi connectivity index (χ0) is 38.2. The number of fused-ring (bicyclic) bond motifs is 7. The number of para-hydroxylation sites is 2. The van der Waals surface area contributed by atoms with Crippen LogP contribution in [0.25, 0.3) is 0 Å². The first-order valence-electron chi connectivity index (χ1n) is 20.4. The second kappa shape index (κ2) is 14.6. The van der Waals surface area contributed by atoms with Gasteiger partial charge in [0.2, 0.25) is 5.91 Å². The Morgan fingerprint density at radius 1 is 0.833 bits per heavy atom. The minimum atomic E-state index is -1.39. The van der Waals surface area contributed by atoms with E-state index in [2.05, 4.69) is 70.4 Å². The van der Waals surface area contributed by atoms with Crippen LogP contribution in [0.4, 0.5) is 5.69 Å². The SMILES string of the molecule is COc1ccccc1N1CCN(C(=O)C2(C)CC[C@]3(C)CC[C@]4(C)C(=CCC5[C@@]6(C)C(OC(=O)C=CC(=O)[O-])CCC(C)(C)C6CC[C@]54C)[C@@H]3C2)CC1.[Na+]. The predicted octanol–water partition coefficient (Wildman–Crippen LogP) is 4.37. The average molecular weight is 751 g/mol. The minimum absolute atomic E-state index is 0. The average Bonchev–Trinajstić information content (AvgIpc) is 3.12. The number of amides is 1. The van der Waals surface area contributed by atoms with Crippen molar-refractivity contribution in [2.75, 3.05) is 38.2 Å². The van der Waals surface area contributed by atoms with Crippen LogP contribution in [-0.4, -0.2) is 62.1 Å². The molecular formula is C45H63N2NaO6. The molecule has 4 saturated carbocycles. The van der Waals surface area contributed by atoms with Gasteiger partial charge in [0.1, 0.15) is 11.9 Å².